The normalized spacial score (nSPS) is 24.4. The minimum Gasteiger partial charge on any atom is -0.466 e. The number of nitrogens with zero attached hydrogens (tertiary/aromatic N) is 1. The molecular weight excluding hydrogens is 256 g/mol. The lowest BCUT2D eigenvalue weighted by molar-refractivity contribution is -0.143. The Morgan fingerprint density at radius 2 is 1.90 bits per heavy atom. The Morgan fingerprint density at radius 1 is 1.30 bits per heavy atom. The number of carbonyl (C=O) groups excluding carboxylic acids is 2. The number of carbonyl (C=O) groups is 2. The van der Waals surface area contributed by atoms with E-state index >= 15 is 0 Å². The molecule has 1 N–H and O–H groups in total. The van der Waals surface area contributed by atoms with Crippen molar-refractivity contribution < 1.29 is 14.3 Å². The number of hydrogen-bond donors (Lipinski definition) is 1. The van der Waals surface area contributed by atoms with Gasteiger partial charge >= 0.3 is 5.97 Å². The number of likely N-dealkylation sites (tertiary alicyclic amines) is 1. The quantitative estimate of drug-likeness (QED) is 0.571. The lowest BCUT2D eigenvalue weighted by Gasteiger charge is -2.31. The fourth-order valence-corrected chi connectivity index (χ4v) is 2.94. The van der Waals surface area contributed by atoms with E-state index in [1.165, 1.54) is 0 Å². The molecule has 0 spiro atoms. The molecule has 1 heterocycles. The monoisotopic (exact) mass is 284 g/mol. The van der Waals surface area contributed by atoms with Crippen molar-refractivity contribution in [2.75, 3.05) is 13.2 Å². The smallest absolute Gasteiger partial charge is 0.305 e. The van der Waals surface area contributed by atoms with Crippen LogP contribution in [0.2, 0.25) is 0 Å². The van der Waals surface area contributed by atoms with Crippen LogP contribution >= 0.6 is 0 Å². The van der Waals surface area contributed by atoms with Gasteiger partial charge in [-0.1, -0.05) is 0 Å². The second-order valence-electron chi connectivity index (χ2n) is 5.60. The lowest BCUT2D eigenvalue weighted by Crippen LogP contribution is -2.49. The molecule has 1 aliphatic heterocycles. The van der Waals surface area contributed by atoms with Crippen LogP contribution in [0.3, 0.4) is 0 Å². The van der Waals surface area contributed by atoms with Crippen molar-refractivity contribution in [1.82, 2.24) is 10.2 Å². The molecule has 5 heteroatoms. The van der Waals surface area contributed by atoms with Crippen molar-refractivity contribution in [3.63, 3.8) is 0 Å². The van der Waals surface area contributed by atoms with Gasteiger partial charge in [0.1, 0.15) is 0 Å². The Morgan fingerprint density at radius 3 is 2.45 bits per heavy atom. The standard InChI is InChI=1S/C15H28N2O3/c1-5-20-14(18)7-6-10-16-15(19)13(4)17-11(2)8-9-12(17)3/h11-13H,5-10H2,1-4H3,(H,16,19). The van der Waals surface area contributed by atoms with Crippen molar-refractivity contribution in [3.05, 3.63) is 0 Å². The highest BCUT2D eigenvalue weighted by molar-refractivity contribution is 5.81. The van der Waals surface area contributed by atoms with E-state index in [1.54, 1.807) is 6.92 Å². The predicted octanol–water partition coefficient (Wildman–Crippen LogP) is 1.71. The number of esters is 1. The fourth-order valence-electron chi connectivity index (χ4n) is 2.94. The van der Waals surface area contributed by atoms with Crippen LogP contribution in [0, 0.1) is 0 Å². The van der Waals surface area contributed by atoms with Gasteiger partial charge in [0.25, 0.3) is 0 Å². The molecule has 5 nitrogen and oxygen atoms in total. The van der Waals surface area contributed by atoms with Gasteiger partial charge in [0.05, 0.1) is 12.6 Å². The topological polar surface area (TPSA) is 58.6 Å². The molecule has 1 fully saturated rings. The van der Waals surface area contributed by atoms with Gasteiger partial charge in [0.15, 0.2) is 0 Å². The zero-order chi connectivity index (χ0) is 15.1. The summed E-state index contributed by atoms with van der Waals surface area (Å²) in [5.74, 6) is -0.147. The first-order valence-corrected chi connectivity index (χ1v) is 7.68. The molecule has 3 unspecified atom stereocenters. The van der Waals surface area contributed by atoms with E-state index in [9.17, 15) is 9.59 Å². The van der Waals surface area contributed by atoms with Gasteiger partial charge in [-0.3, -0.25) is 14.5 Å². The van der Waals surface area contributed by atoms with Crippen molar-refractivity contribution >= 4 is 11.9 Å². The van der Waals surface area contributed by atoms with Crippen LogP contribution in [-0.2, 0) is 14.3 Å². The number of amides is 1. The summed E-state index contributed by atoms with van der Waals surface area (Å²) >= 11 is 0. The van der Waals surface area contributed by atoms with Gasteiger partial charge in [0, 0.05) is 25.0 Å². The van der Waals surface area contributed by atoms with E-state index in [-0.39, 0.29) is 17.9 Å². The van der Waals surface area contributed by atoms with E-state index in [4.69, 9.17) is 4.74 Å². The third-order valence-electron chi connectivity index (χ3n) is 4.01. The first kappa shape index (κ1) is 17.0. The minimum absolute atomic E-state index is 0.0504. The number of rotatable bonds is 7. The van der Waals surface area contributed by atoms with E-state index in [0.717, 1.165) is 12.8 Å². The van der Waals surface area contributed by atoms with Crippen molar-refractivity contribution in [3.8, 4) is 0 Å². The van der Waals surface area contributed by atoms with E-state index in [2.05, 4.69) is 24.1 Å². The maximum atomic E-state index is 12.1. The Hall–Kier alpha value is -1.10. The van der Waals surface area contributed by atoms with Gasteiger partial charge in [-0.25, -0.2) is 0 Å². The van der Waals surface area contributed by atoms with Crippen LogP contribution < -0.4 is 5.32 Å². The zero-order valence-electron chi connectivity index (χ0n) is 13.1. The fraction of sp³-hybridized carbons (Fsp3) is 0.867. The lowest BCUT2D eigenvalue weighted by atomic mass is 10.2. The molecule has 0 aromatic rings. The van der Waals surface area contributed by atoms with Crippen LogP contribution in [0.15, 0.2) is 0 Å². The summed E-state index contributed by atoms with van der Waals surface area (Å²) in [6.45, 7) is 9.03. The average molecular weight is 284 g/mol. The number of ether oxygens (including phenoxy) is 1. The van der Waals surface area contributed by atoms with Gasteiger partial charge < -0.3 is 10.1 Å². The van der Waals surface area contributed by atoms with Crippen LogP contribution in [0.4, 0.5) is 0 Å². The Balaban J connectivity index is 2.27. The Labute approximate surface area is 122 Å². The SMILES string of the molecule is CCOC(=O)CCCNC(=O)C(C)N1C(C)CCC1C. The molecule has 1 rings (SSSR count). The zero-order valence-corrected chi connectivity index (χ0v) is 13.1. The molecule has 1 saturated heterocycles. The van der Waals surface area contributed by atoms with Crippen molar-refractivity contribution in [2.24, 2.45) is 0 Å². The molecule has 0 aliphatic carbocycles. The third kappa shape index (κ3) is 4.78. The second kappa shape index (κ2) is 8.25. The van der Waals surface area contributed by atoms with Gasteiger partial charge in [-0.15, -0.1) is 0 Å². The van der Waals surface area contributed by atoms with E-state index < -0.39 is 0 Å². The highest BCUT2D eigenvalue weighted by Gasteiger charge is 2.34. The van der Waals surface area contributed by atoms with Crippen LogP contribution in [0.25, 0.3) is 0 Å². The molecule has 0 bridgehead atoms. The Bertz CT molecular complexity index is 323. The summed E-state index contributed by atoms with van der Waals surface area (Å²) in [6.07, 6.45) is 3.30. The second-order valence-corrected chi connectivity index (χ2v) is 5.60. The highest BCUT2D eigenvalue weighted by atomic mass is 16.5. The first-order chi connectivity index (χ1) is 9.47. The molecule has 0 radical (unpaired) electrons. The van der Waals surface area contributed by atoms with Crippen LogP contribution in [0.5, 0.6) is 0 Å². The van der Waals surface area contributed by atoms with Gasteiger partial charge in [-0.05, 0) is 47.0 Å². The van der Waals surface area contributed by atoms with E-state index in [0.29, 0.717) is 38.1 Å². The summed E-state index contributed by atoms with van der Waals surface area (Å²) in [7, 11) is 0. The summed E-state index contributed by atoms with van der Waals surface area (Å²) in [6, 6.07) is 0.820. The van der Waals surface area contributed by atoms with Gasteiger partial charge in [-0.2, -0.15) is 0 Å². The number of nitrogens with one attached hydrogen (secondary N) is 1. The maximum Gasteiger partial charge on any atom is 0.305 e. The van der Waals surface area contributed by atoms with Gasteiger partial charge in [0.2, 0.25) is 5.91 Å². The highest BCUT2D eigenvalue weighted by Crippen LogP contribution is 2.25. The molecule has 3 atom stereocenters. The van der Waals surface area contributed by atoms with E-state index in [1.807, 2.05) is 6.92 Å². The van der Waals surface area contributed by atoms with Crippen LogP contribution in [-0.4, -0.2) is 48.1 Å². The average Bonchev–Trinajstić information content (AvgIpc) is 2.73. The number of hydrogen-bond acceptors (Lipinski definition) is 4. The molecule has 0 saturated carbocycles. The molecule has 1 amide bonds. The first-order valence-electron chi connectivity index (χ1n) is 7.68. The predicted molar refractivity (Wildman–Crippen MR) is 78.3 cm³/mol. The molecule has 1 aliphatic rings. The summed E-state index contributed by atoms with van der Waals surface area (Å²) in [5, 5.41) is 2.91. The third-order valence-corrected chi connectivity index (χ3v) is 4.01. The minimum atomic E-state index is -0.198. The Kier molecular flexibility index (Phi) is 6.99. The molecule has 20 heavy (non-hydrogen) atoms. The summed E-state index contributed by atoms with van der Waals surface area (Å²) in [4.78, 5) is 25.6. The maximum absolute atomic E-state index is 12.1. The summed E-state index contributed by atoms with van der Waals surface area (Å²) < 4.78 is 4.85. The molecule has 0 aromatic carbocycles. The molecule has 116 valence electrons. The van der Waals surface area contributed by atoms with Crippen molar-refractivity contribution in [2.45, 2.75) is 71.5 Å². The molecule has 0 aromatic heterocycles. The van der Waals surface area contributed by atoms with Crippen molar-refractivity contribution in [1.29, 1.82) is 0 Å². The molecular formula is C15H28N2O3. The largest absolute Gasteiger partial charge is 0.466 e. The summed E-state index contributed by atoms with van der Waals surface area (Å²) in [5.41, 5.74) is 0. The van der Waals surface area contributed by atoms with Crippen LogP contribution in [0.1, 0.15) is 53.4 Å².